The fourth-order valence-corrected chi connectivity index (χ4v) is 3.28. The summed E-state index contributed by atoms with van der Waals surface area (Å²) in [6.45, 7) is 3.37. The second kappa shape index (κ2) is 9.94. The van der Waals surface area contributed by atoms with Gasteiger partial charge in [0.2, 0.25) is 0 Å². The molecule has 0 heterocycles. The van der Waals surface area contributed by atoms with Crippen molar-refractivity contribution in [3.05, 3.63) is 89.5 Å². The molecule has 3 rings (SSSR count). The lowest BCUT2D eigenvalue weighted by molar-refractivity contribution is 0.354. The standard InChI is InChI=1S/C24H26N2O2S/c1-18-9-12-21(13-10-18)26(24(29)25-16-19-7-5-4-6-8-19)17-20-11-14-22(27-2)23(15-20)28-3/h4-15H,16-17H2,1-3H3,(H,25,29). The first-order chi connectivity index (χ1) is 14.1. The minimum atomic E-state index is 0.615. The summed E-state index contributed by atoms with van der Waals surface area (Å²) < 4.78 is 10.8. The van der Waals surface area contributed by atoms with E-state index in [4.69, 9.17) is 21.7 Å². The molecule has 0 aliphatic heterocycles. The van der Waals surface area contributed by atoms with E-state index in [9.17, 15) is 0 Å². The lowest BCUT2D eigenvalue weighted by atomic mass is 10.1. The molecule has 0 saturated heterocycles. The van der Waals surface area contributed by atoms with Gasteiger partial charge >= 0.3 is 0 Å². The molecule has 3 aromatic carbocycles. The zero-order chi connectivity index (χ0) is 20.6. The first kappa shape index (κ1) is 20.7. The van der Waals surface area contributed by atoms with E-state index >= 15 is 0 Å². The Morgan fingerprint density at radius 3 is 2.21 bits per heavy atom. The van der Waals surface area contributed by atoms with Gasteiger partial charge < -0.3 is 19.7 Å². The lowest BCUT2D eigenvalue weighted by Gasteiger charge is -2.27. The van der Waals surface area contributed by atoms with Gasteiger partial charge in [0.15, 0.2) is 16.6 Å². The number of hydrogen-bond acceptors (Lipinski definition) is 3. The maximum Gasteiger partial charge on any atom is 0.174 e. The minimum absolute atomic E-state index is 0.615. The largest absolute Gasteiger partial charge is 0.493 e. The first-order valence-electron chi connectivity index (χ1n) is 9.47. The highest BCUT2D eigenvalue weighted by molar-refractivity contribution is 7.80. The molecule has 0 spiro atoms. The van der Waals surface area contributed by atoms with Crippen LogP contribution in [0.5, 0.6) is 11.5 Å². The highest BCUT2D eigenvalue weighted by Crippen LogP contribution is 2.29. The van der Waals surface area contributed by atoms with Gasteiger partial charge in [-0.2, -0.15) is 0 Å². The molecule has 0 atom stereocenters. The van der Waals surface area contributed by atoms with Crippen LogP contribution in [0.4, 0.5) is 5.69 Å². The summed E-state index contributed by atoms with van der Waals surface area (Å²) in [6, 6.07) is 24.5. The Morgan fingerprint density at radius 2 is 1.55 bits per heavy atom. The summed E-state index contributed by atoms with van der Waals surface area (Å²) in [6.07, 6.45) is 0. The normalized spacial score (nSPS) is 10.3. The molecule has 1 N–H and O–H groups in total. The van der Waals surface area contributed by atoms with Crippen molar-refractivity contribution in [2.45, 2.75) is 20.0 Å². The van der Waals surface area contributed by atoms with Crippen LogP contribution in [0, 0.1) is 6.92 Å². The van der Waals surface area contributed by atoms with Gasteiger partial charge in [0, 0.05) is 12.2 Å². The molecule has 0 aliphatic rings. The van der Waals surface area contributed by atoms with E-state index < -0.39 is 0 Å². The summed E-state index contributed by atoms with van der Waals surface area (Å²) in [7, 11) is 3.28. The summed E-state index contributed by atoms with van der Waals surface area (Å²) >= 11 is 5.76. The minimum Gasteiger partial charge on any atom is -0.493 e. The maximum absolute atomic E-state index is 5.76. The zero-order valence-corrected chi connectivity index (χ0v) is 17.8. The van der Waals surface area contributed by atoms with Crippen LogP contribution in [0.2, 0.25) is 0 Å². The molecular weight excluding hydrogens is 380 g/mol. The summed E-state index contributed by atoms with van der Waals surface area (Å²) in [4.78, 5) is 2.10. The van der Waals surface area contributed by atoms with Crippen LogP contribution in [0.25, 0.3) is 0 Å². The van der Waals surface area contributed by atoms with Crippen LogP contribution in [0.15, 0.2) is 72.8 Å². The molecular formula is C24H26N2O2S. The molecule has 0 radical (unpaired) electrons. The second-order valence-electron chi connectivity index (χ2n) is 6.76. The Morgan fingerprint density at radius 1 is 0.862 bits per heavy atom. The molecule has 0 amide bonds. The molecule has 0 saturated carbocycles. The average Bonchev–Trinajstić information content (AvgIpc) is 2.77. The molecule has 0 fully saturated rings. The molecule has 3 aromatic rings. The van der Waals surface area contributed by atoms with Gasteiger partial charge in [0.25, 0.3) is 0 Å². The number of nitrogens with one attached hydrogen (secondary N) is 1. The van der Waals surface area contributed by atoms with Crippen LogP contribution in [-0.4, -0.2) is 19.3 Å². The molecule has 0 bridgehead atoms. The molecule has 4 nitrogen and oxygen atoms in total. The number of nitrogens with zero attached hydrogens (tertiary/aromatic N) is 1. The Kier molecular flexibility index (Phi) is 7.09. The highest BCUT2D eigenvalue weighted by atomic mass is 32.1. The van der Waals surface area contributed by atoms with Gasteiger partial charge in [-0.25, -0.2) is 0 Å². The Balaban J connectivity index is 1.83. The third-order valence-electron chi connectivity index (χ3n) is 4.67. The van der Waals surface area contributed by atoms with E-state index in [1.807, 2.05) is 36.4 Å². The van der Waals surface area contributed by atoms with Gasteiger partial charge in [-0.05, 0) is 54.5 Å². The van der Waals surface area contributed by atoms with Crippen molar-refractivity contribution in [1.82, 2.24) is 5.32 Å². The second-order valence-corrected chi connectivity index (χ2v) is 7.14. The van der Waals surface area contributed by atoms with E-state index in [2.05, 4.69) is 53.5 Å². The maximum atomic E-state index is 5.76. The summed E-state index contributed by atoms with van der Waals surface area (Å²) in [5.74, 6) is 1.42. The molecule has 29 heavy (non-hydrogen) atoms. The lowest BCUT2D eigenvalue weighted by Crippen LogP contribution is -2.39. The van der Waals surface area contributed by atoms with Crippen molar-refractivity contribution in [1.29, 1.82) is 0 Å². The van der Waals surface area contributed by atoms with Crippen LogP contribution >= 0.6 is 12.2 Å². The van der Waals surface area contributed by atoms with Crippen LogP contribution in [0.3, 0.4) is 0 Å². The van der Waals surface area contributed by atoms with Crippen molar-refractivity contribution < 1.29 is 9.47 Å². The van der Waals surface area contributed by atoms with Crippen LogP contribution in [-0.2, 0) is 13.1 Å². The molecule has 150 valence electrons. The van der Waals surface area contributed by atoms with Crippen LogP contribution < -0.4 is 19.7 Å². The van der Waals surface area contributed by atoms with Gasteiger partial charge in [-0.1, -0.05) is 54.1 Å². The van der Waals surface area contributed by atoms with Crippen molar-refractivity contribution in [2.24, 2.45) is 0 Å². The van der Waals surface area contributed by atoms with E-state index in [0.717, 1.165) is 11.3 Å². The van der Waals surface area contributed by atoms with E-state index in [1.54, 1.807) is 14.2 Å². The number of methoxy groups -OCH3 is 2. The molecule has 5 heteroatoms. The predicted molar refractivity (Wildman–Crippen MR) is 123 cm³/mol. The smallest absolute Gasteiger partial charge is 0.174 e. The number of hydrogen-bond donors (Lipinski definition) is 1. The third-order valence-corrected chi connectivity index (χ3v) is 5.03. The van der Waals surface area contributed by atoms with Crippen molar-refractivity contribution >= 4 is 23.0 Å². The third kappa shape index (κ3) is 5.48. The van der Waals surface area contributed by atoms with E-state index in [-0.39, 0.29) is 0 Å². The number of benzene rings is 3. The predicted octanol–water partition coefficient (Wildman–Crippen LogP) is 5.09. The van der Waals surface area contributed by atoms with Gasteiger partial charge in [-0.15, -0.1) is 0 Å². The van der Waals surface area contributed by atoms with Gasteiger partial charge in [-0.3, -0.25) is 0 Å². The number of anilines is 1. The summed E-state index contributed by atoms with van der Waals surface area (Å²) in [5, 5.41) is 4.06. The van der Waals surface area contributed by atoms with Crippen LogP contribution in [0.1, 0.15) is 16.7 Å². The zero-order valence-electron chi connectivity index (χ0n) is 17.0. The monoisotopic (exact) mass is 406 g/mol. The van der Waals surface area contributed by atoms with Crippen molar-refractivity contribution in [3.63, 3.8) is 0 Å². The first-order valence-corrected chi connectivity index (χ1v) is 9.88. The Bertz CT molecular complexity index is 943. The Hall–Kier alpha value is -3.05. The van der Waals surface area contributed by atoms with Crippen molar-refractivity contribution in [2.75, 3.05) is 19.1 Å². The molecule has 0 aliphatic carbocycles. The van der Waals surface area contributed by atoms with Crippen molar-refractivity contribution in [3.8, 4) is 11.5 Å². The molecule has 0 aromatic heterocycles. The number of aryl methyl sites for hydroxylation is 1. The quantitative estimate of drug-likeness (QED) is 0.553. The topological polar surface area (TPSA) is 33.7 Å². The summed E-state index contributed by atoms with van der Waals surface area (Å²) in [5.41, 5.74) is 4.51. The highest BCUT2D eigenvalue weighted by Gasteiger charge is 2.14. The van der Waals surface area contributed by atoms with E-state index in [1.165, 1.54) is 11.1 Å². The van der Waals surface area contributed by atoms with E-state index in [0.29, 0.717) is 29.7 Å². The Labute approximate surface area is 178 Å². The number of ether oxygens (including phenoxy) is 2. The fourth-order valence-electron chi connectivity index (χ4n) is 3.04. The SMILES string of the molecule is COc1ccc(CN(C(=S)NCc2ccccc2)c2ccc(C)cc2)cc1OC. The number of rotatable bonds is 7. The fraction of sp³-hybridized carbons (Fsp3) is 0.208. The average molecular weight is 407 g/mol. The van der Waals surface area contributed by atoms with Gasteiger partial charge in [0.1, 0.15) is 0 Å². The molecule has 0 unspecified atom stereocenters. The van der Waals surface area contributed by atoms with Gasteiger partial charge in [0.05, 0.1) is 20.8 Å². The number of thiocarbonyl (C=S) groups is 1.